The van der Waals surface area contributed by atoms with Crippen molar-refractivity contribution < 1.29 is 4.74 Å². The minimum Gasteiger partial charge on any atom is -0.497 e. The van der Waals surface area contributed by atoms with Gasteiger partial charge in [-0.3, -0.25) is 0 Å². The first kappa shape index (κ1) is 9.45. The average molecular weight is 178 g/mol. The molecule has 0 atom stereocenters. The Kier molecular flexibility index (Phi) is 3.20. The molecule has 0 heterocycles. The van der Waals surface area contributed by atoms with Crippen LogP contribution < -0.4 is 15.8 Å². The van der Waals surface area contributed by atoms with Crippen molar-refractivity contribution >= 4 is 11.4 Å². The second-order valence-corrected chi connectivity index (χ2v) is 2.62. The normalized spacial score (nSPS) is 9.31. The van der Waals surface area contributed by atoms with E-state index in [1.165, 1.54) is 0 Å². The van der Waals surface area contributed by atoms with Crippen LogP contribution in [0, 0.1) is 0 Å². The van der Waals surface area contributed by atoms with Crippen LogP contribution in [0.4, 0.5) is 11.4 Å². The van der Waals surface area contributed by atoms with E-state index in [0.29, 0.717) is 12.2 Å². The highest BCUT2D eigenvalue weighted by atomic mass is 16.5. The number of nitrogens with two attached hydrogens (primary N) is 1. The van der Waals surface area contributed by atoms with Gasteiger partial charge in [-0.1, -0.05) is 6.08 Å². The zero-order valence-corrected chi connectivity index (χ0v) is 7.71. The third-order valence-electron chi connectivity index (χ3n) is 1.70. The molecule has 3 nitrogen and oxygen atoms in total. The summed E-state index contributed by atoms with van der Waals surface area (Å²) in [6, 6.07) is 5.53. The van der Waals surface area contributed by atoms with Crippen LogP contribution in [0.1, 0.15) is 0 Å². The molecule has 0 bridgehead atoms. The van der Waals surface area contributed by atoms with E-state index in [-0.39, 0.29) is 0 Å². The molecule has 0 aromatic heterocycles. The van der Waals surface area contributed by atoms with E-state index in [4.69, 9.17) is 10.5 Å². The largest absolute Gasteiger partial charge is 0.497 e. The Morgan fingerprint density at radius 2 is 2.38 bits per heavy atom. The lowest BCUT2D eigenvalue weighted by molar-refractivity contribution is 0.415. The van der Waals surface area contributed by atoms with Gasteiger partial charge in [0.25, 0.3) is 0 Å². The first-order valence-corrected chi connectivity index (χ1v) is 4.06. The van der Waals surface area contributed by atoms with Gasteiger partial charge in [0.1, 0.15) is 5.75 Å². The van der Waals surface area contributed by atoms with Crippen LogP contribution in [0.3, 0.4) is 0 Å². The molecule has 3 N–H and O–H groups in total. The summed E-state index contributed by atoms with van der Waals surface area (Å²) in [5.74, 6) is 0.765. The molecule has 0 saturated heterocycles. The summed E-state index contributed by atoms with van der Waals surface area (Å²) in [6.45, 7) is 4.32. The lowest BCUT2D eigenvalue weighted by atomic mass is 10.2. The number of methoxy groups -OCH3 is 1. The molecule has 0 aliphatic carbocycles. The van der Waals surface area contributed by atoms with E-state index in [1.54, 1.807) is 19.3 Å². The van der Waals surface area contributed by atoms with E-state index in [1.807, 2.05) is 12.1 Å². The first-order chi connectivity index (χ1) is 6.27. The van der Waals surface area contributed by atoms with Crippen LogP contribution in [-0.2, 0) is 0 Å². The Hall–Kier alpha value is -1.64. The Bertz CT molecular complexity index is 297. The van der Waals surface area contributed by atoms with Crippen molar-refractivity contribution in [1.82, 2.24) is 0 Å². The molecule has 1 aromatic carbocycles. The summed E-state index contributed by atoms with van der Waals surface area (Å²) in [6.07, 6.45) is 1.78. The zero-order valence-electron chi connectivity index (χ0n) is 7.71. The fourth-order valence-electron chi connectivity index (χ4n) is 1.01. The molecule has 0 fully saturated rings. The molecule has 0 unspecified atom stereocenters. The second kappa shape index (κ2) is 4.40. The van der Waals surface area contributed by atoms with Gasteiger partial charge in [0.05, 0.1) is 18.5 Å². The van der Waals surface area contributed by atoms with Crippen LogP contribution in [-0.4, -0.2) is 13.7 Å². The molecule has 0 aliphatic heterocycles. The van der Waals surface area contributed by atoms with Crippen LogP contribution in [0.25, 0.3) is 0 Å². The molecule has 1 aromatic rings. The van der Waals surface area contributed by atoms with Crippen molar-refractivity contribution in [3.05, 3.63) is 30.9 Å². The van der Waals surface area contributed by atoms with Crippen molar-refractivity contribution in [3.63, 3.8) is 0 Å². The van der Waals surface area contributed by atoms with Crippen molar-refractivity contribution in [3.8, 4) is 5.75 Å². The highest BCUT2D eigenvalue weighted by Gasteiger charge is 1.98. The molecule has 1 rings (SSSR count). The maximum atomic E-state index is 5.76. The highest BCUT2D eigenvalue weighted by Crippen LogP contribution is 2.23. The summed E-state index contributed by atoms with van der Waals surface area (Å²) < 4.78 is 5.03. The van der Waals surface area contributed by atoms with Gasteiger partial charge in [-0.25, -0.2) is 0 Å². The van der Waals surface area contributed by atoms with Gasteiger partial charge < -0.3 is 15.8 Å². The molecular formula is C10H14N2O. The van der Waals surface area contributed by atoms with Crippen molar-refractivity contribution in [2.45, 2.75) is 0 Å². The number of benzene rings is 1. The fourth-order valence-corrected chi connectivity index (χ4v) is 1.01. The number of rotatable bonds is 4. The quantitative estimate of drug-likeness (QED) is 0.546. The van der Waals surface area contributed by atoms with Crippen LogP contribution in [0.5, 0.6) is 5.75 Å². The summed E-state index contributed by atoms with van der Waals surface area (Å²) in [5.41, 5.74) is 7.35. The third-order valence-corrected chi connectivity index (χ3v) is 1.70. The monoisotopic (exact) mass is 178 g/mol. The number of anilines is 2. The predicted octanol–water partition coefficient (Wildman–Crippen LogP) is 1.88. The Morgan fingerprint density at radius 1 is 1.62 bits per heavy atom. The maximum absolute atomic E-state index is 5.76. The van der Waals surface area contributed by atoms with Crippen molar-refractivity contribution in [2.24, 2.45) is 0 Å². The zero-order chi connectivity index (χ0) is 9.68. The minimum atomic E-state index is 0.682. The first-order valence-electron chi connectivity index (χ1n) is 4.06. The van der Waals surface area contributed by atoms with E-state index in [0.717, 1.165) is 11.4 Å². The fraction of sp³-hybridized carbons (Fsp3) is 0.200. The lowest BCUT2D eigenvalue weighted by Gasteiger charge is -2.08. The summed E-state index contributed by atoms with van der Waals surface area (Å²) in [5, 5.41) is 3.12. The number of hydrogen-bond donors (Lipinski definition) is 2. The van der Waals surface area contributed by atoms with Crippen molar-refractivity contribution in [2.75, 3.05) is 24.7 Å². The van der Waals surface area contributed by atoms with E-state index >= 15 is 0 Å². The Morgan fingerprint density at radius 3 is 2.92 bits per heavy atom. The lowest BCUT2D eigenvalue weighted by Crippen LogP contribution is -2.01. The van der Waals surface area contributed by atoms with Gasteiger partial charge in [0.2, 0.25) is 0 Å². The second-order valence-electron chi connectivity index (χ2n) is 2.62. The molecule has 0 saturated carbocycles. The van der Waals surface area contributed by atoms with Gasteiger partial charge in [-0.2, -0.15) is 0 Å². The van der Waals surface area contributed by atoms with Crippen molar-refractivity contribution in [1.29, 1.82) is 0 Å². The standard InChI is InChI=1S/C10H14N2O/c1-3-6-12-10-5-4-8(13-2)7-9(10)11/h3-5,7,12H,1,6,11H2,2H3. The van der Waals surface area contributed by atoms with Gasteiger partial charge >= 0.3 is 0 Å². The number of hydrogen-bond acceptors (Lipinski definition) is 3. The topological polar surface area (TPSA) is 47.3 Å². The summed E-state index contributed by atoms with van der Waals surface area (Å²) in [4.78, 5) is 0. The van der Waals surface area contributed by atoms with Crippen LogP contribution in [0.2, 0.25) is 0 Å². The molecule has 0 aliphatic rings. The number of ether oxygens (including phenoxy) is 1. The molecular weight excluding hydrogens is 164 g/mol. The molecule has 13 heavy (non-hydrogen) atoms. The minimum absolute atomic E-state index is 0.682. The molecule has 0 amide bonds. The molecule has 3 heteroatoms. The Balaban J connectivity index is 2.78. The smallest absolute Gasteiger partial charge is 0.121 e. The summed E-state index contributed by atoms with van der Waals surface area (Å²) >= 11 is 0. The van der Waals surface area contributed by atoms with Gasteiger partial charge in [-0.15, -0.1) is 6.58 Å². The third kappa shape index (κ3) is 2.40. The Labute approximate surface area is 78.2 Å². The van der Waals surface area contributed by atoms with Crippen LogP contribution >= 0.6 is 0 Å². The highest BCUT2D eigenvalue weighted by molar-refractivity contribution is 5.68. The van der Waals surface area contributed by atoms with Gasteiger partial charge in [-0.05, 0) is 12.1 Å². The molecule has 0 radical (unpaired) electrons. The number of nitrogens with one attached hydrogen (secondary N) is 1. The summed E-state index contributed by atoms with van der Waals surface area (Å²) in [7, 11) is 1.62. The van der Waals surface area contributed by atoms with E-state index in [2.05, 4.69) is 11.9 Å². The van der Waals surface area contributed by atoms with Gasteiger partial charge in [0.15, 0.2) is 0 Å². The van der Waals surface area contributed by atoms with E-state index in [9.17, 15) is 0 Å². The van der Waals surface area contributed by atoms with E-state index < -0.39 is 0 Å². The average Bonchev–Trinajstić information content (AvgIpc) is 2.16. The molecule has 0 spiro atoms. The SMILES string of the molecule is C=CCNc1ccc(OC)cc1N. The van der Waals surface area contributed by atoms with Gasteiger partial charge in [0, 0.05) is 12.6 Å². The van der Waals surface area contributed by atoms with Crippen LogP contribution in [0.15, 0.2) is 30.9 Å². The predicted molar refractivity (Wildman–Crippen MR) is 56.1 cm³/mol. The maximum Gasteiger partial charge on any atom is 0.121 e. The molecule has 70 valence electrons. The number of nitrogen functional groups attached to an aromatic ring is 1.